The van der Waals surface area contributed by atoms with E-state index in [1.165, 1.54) is 34.1 Å². The van der Waals surface area contributed by atoms with E-state index in [0.717, 1.165) is 15.7 Å². The molecule has 5 rings (SSSR count). The minimum atomic E-state index is -0.402. The third-order valence-electron chi connectivity index (χ3n) is 5.78. The lowest BCUT2D eigenvalue weighted by atomic mass is 10.1. The van der Waals surface area contributed by atoms with Gasteiger partial charge in [0, 0.05) is 24.9 Å². The lowest BCUT2D eigenvalue weighted by Gasteiger charge is -2.11. The van der Waals surface area contributed by atoms with Gasteiger partial charge < -0.3 is 4.57 Å². The molecule has 0 N–H and O–H groups in total. The summed E-state index contributed by atoms with van der Waals surface area (Å²) in [5.74, 6) is 0.672. The van der Waals surface area contributed by atoms with Crippen LogP contribution >= 0.6 is 23.4 Å². The van der Waals surface area contributed by atoms with E-state index in [4.69, 9.17) is 16.6 Å². The zero-order valence-electron chi connectivity index (χ0n) is 18.2. The maximum Gasteiger partial charge on any atom is 0.332 e. The number of aryl methyl sites for hydroxylation is 1. The van der Waals surface area contributed by atoms with Gasteiger partial charge in [0.05, 0.1) is 6.54 Å². The molecule has 166 valence electrons. The molecule has 0 atom stereocenters. The average molecular weight is 477 g/mol. The first-order valence-corrected chi connectivity index (χ1v) is 11.8. The second-order valence-corrected chi connectivity index (χ2v) is 9.27. The van der Waals surface area contributed by atoms with Crippen LogP contribution in [0.15, 0.2) is 81.5 Å². The Hall–Kier alpha value is -3.29. The molecule has 0 amide bonds. The third-order valence-corrected chi connectivity index (χ3v) is 7.20. The van der Waals surface area contributed by atoms with Gasteiger partial charge in [-0.15, -0.1) is 0 Å². The van der Waals surface area contributed by atoms with Crippen molar-refractivity contribution in [3.8, 4) is 0 Å². The van der Waals surface area contributed by atoms with Gasteiger partial charge in [-0.1, -0.05) is 84.0 Å². The normalized spacial score (nSPS) is 11.5. The molecule has 2 aromatic heterocycles. The van der Waals surface area contributed by atoms with Crippen LogP contribution in [-0.4, -0.2) is 18.7 Å². The molecule has 0 fully saturated rings. The molecule has 8 heteroatoms. The molecule has 33 heavy (non-hydrogen) atoms. The summed E-state index contributed by atoms with van der Waals surface area (Å²) in [4.78, 5) is 30.3. The first-order chi connectivity index (χ1) is 15.9. The van der Waals surface area contributed by atoms with Crippen LogP contribution in [0.2, 0.25) is 5.02 Å². The highest BCUT2D eigenvalue weighted by Gasteiger charge is 2.20. The first-order valence-electron chi connectivity index (χ1n) is 10.4. The lowest BCUT2D eigenvalue weighted by molar-refractivity contribution is 0.696. The summed E-state index contributed by atoms with van der Waals surface area (Å²) in [7, 11) is 3.12. The van der Waals surface area contributed by atoms with E-state index < -0.39 is 5.69 Å². The number of aromatic nitrogens is 4. The van der Waals surface area contributed by atoms with Gasteiger partial charge in [-0.3, -0.25) is 13.9 Å². The topological polar surface area (TPSA) is 61.8 Å². The number of fused-ring (bicyclic) bond motifs is 2. The maximum absolute atomic E-state index is 13.1. The highest BCUT2D eigenvalue weighted by atomic mass is 35.5. The molecule has 0 aliphatic heterocycles. The fraction of sp³-hybridized carbons (Fsp3) is 0.160. The predicted molar refractivity (Wildman–Crippen MR) is 134 cm³/mol. The van der Waals surface area contributed by atoms with Crippen LogP contribution in [0, 0.1) is 0 Å². The van der Waals surface area contributed by atoms with Crippen molar-refractivity contribution >= 4 is 45.3 Å². The standard InChI is InChI=1S/C25H21ClN4O2S/c1-28-22-21(23(31)29(2)25(28)32)30(14-19-9-5-6-10-20(19)26)24(27-22)33-15-16-11-12-17-7-3-4-8-18(17)13-16/h3-13H,14-15H2,1-2H3. The zero-order valence-corrected chi connectivity index (χ0v) is 19.7. The van der Waals surface area contributed by atoms with Gasteiger partial charge in [-0.25, -0.2) is 9.78 Å². The fourth-order valence-electron chi connectivity index (χ4n) is 3.96. The van der Waals surface area contributed by atoms with E-state index in [9.17, 15) is 9.59 Å². The molecule has 0 saturated carbocycles. The van der Waals surface area contributed by atoms with Crippen LogP contribution in [-0.2, 0) is 26.4 Å². The van der Waals surface area contributed by atoms with Crippen LogP contribution in [0.4, 0.5) is 0 Å². The molecule has 0 bridgehead atoms. The van der Waals surface area contributed by atoms with Crippen molar-refractivity contribution in [2.24, 2.45) is 14.1 Å². The third kappa shape index (κ3) is 3.87. The SMILES string of the molecule is Cn1c(=O)c2c(nc(SCc3ccc4ccccc4c3)n2Cc2ccccc2Cl)n(C)c1=O. The van der Waals surface area contributed by atoms with Crippen LogP contribution in [0.5, 0.6) is 0 Å². The van der Waals surface area contributed by atoms with Gasteiger partial charge in [-0.05, 0) is 28.0 Å². The van der Waals surface area contributed by atoms with Gasteiger partial charge in [0.25, 0.3) is 5.56 Å². The van der Waals surface area contributed by atoms with Crippen molar-refractivity contribution in [1.82, 2.24) is 18.7 Å². The second-order valence-electron chi connectivity index (χ2n) is 7.92. The van der Waals surface area contributed by atoms with E-state index >= 15 is 0 Å². The molecular weight excluding hydrogens is 456 g/mol. The van der Waals surface area contributed by atoms with Crippen molar-refractivity contribution in [3.05, 3.63) is 104 Å². The number of halogens is 1. The molecule has 0 spiro atoms. The number of thioether (sulfide) groups is 1. The van der Waals surface area contributed by atoms with Gasteiger partial charge in [0.15, 0.2) is 16.3 Å². The monoisotopic (exact) mass is 476 g/mol. The molecule has 2 heterocycles. The number of imidazole rings is 1. The van der Waals surface area contributed by atoms with E-state index in [0.29, 0.717) is 33.6 Å². The number of rotatable bonds is 5. The molecule has 0 unspecified atom stereocenters. The van der Waals surface area contributed by atoms with Crippen LogP contribution in [0.1, 0.15) is 11.1 Å². The Morgan fingerprint density at radius 2 is 1.64 bits per heavy atom. The van der Waals surface area contributed by atoms with Crippen molar-refractivity contribution < 1.29 is 0 Å². The van der Waals surface area contributed by atoms with Gasteiger partial charge in [0.2, 0.25) is 0 Å². The van der Waals surface area contributed by atoms with Crippen LogP contribution in [0.25, 0.3) is 21.9 Å². The summed E-state index contributed by atoms with van der Waals surface area (Å²) < 4.78 is 4.40. The summed E-state index contributed by atoms with van der Waals surface area (Å²) in [6, 6.07) is 22.1. The Labute approximate surface area is 199 Å². The Bertz CT molecular complexity index is 1630. The smallest absolute Gasteiger partial charge is 0.309 e. The Morgan fingerprint density at radius 1 is 0.909 bits per heavy atom. The largest absolute Gasteiger partial charge is 0.332 e. The number of benzene rings is 3. The summed E-state index contributed by atoms with van der Waals surface area (Å²) in [5, 5.41) is 3.65. The van der Waals surface area contributed by atoms with Gasteiger partial charge in [-0.2, -0.15) is 0 Å². The fourth-order valence-corrected chi connectivity index (χ4v) is 5.09. The molecule has 0 aliphatic carbocycles. The lowest BCUT2D eigenvalue weighted by Crippen LogP contribution is -2.37. The Balaban J connectivity index is 1.61. The molecule has 0 radical (unpaired) electrons. The average Bonchev–Trinajstić information content (AvgIpc) is 3.19. The van der Waals surface area contributed by atoms with Gasteiger partial charge in [0.1, 0.15) is 0 Å². The van der Waals surface area contributed by atoms with E-state index in [1.54, 1.807) is 7.05 Å². The van der Waals surface area contributed by atoms with E-state index in [-0.39, 0.29) is 5.56 Å². The molecule has 0 aliphatic rings. The minimum Gasteiger partial charge on any atom is -0.309 e. The number of nitrogens with zero attached hydrogens (tertiary/aromatic N) is 4. The summed E-state index contributed by atoms with van der Waals surface area (Å²) in [5.41, 5.74) is 2.02. The van der Waals surface area contributed by atoms with Crippen molar-refractivity contribution in [2.75, 3.05) is 0 Å². The van der Waals surface area contributed by atoms with Crippen molar-refractivity contribution in [2.45, 2.75) is 17.5 Å². The second kappa shape index (κ2) is 8.57. The molecular formula is C25H21ClN4O2S. The number of hydrogen-bond acceptors (Lipinski definition) is 4. The summed E-state index contributed by atoms with van der Waals surface area (Å²) in [6.07, 6.45) is 0. The van der Waals surface area contributed by atoms with Crippen molar-refractivity contribution in [1.29, 1.82) is 0 Å². The highest BCUT2D eigenvalue weighted by Crippen LogP contribution is 2.28. The predicted octanol–water partition coefficient (Wildman–Crippen LogP) is 4.58. The summed E-state index contributed by atoms with van der Waals surface area (Å²) >= 11 is 7.96. The minimum absolute atomic E-state index is 0.370. The molecule has 6 nitrogen and oxygen atoms in total. The summed E-state index contributed by atoms with van der Waals surface area (Å²) in [6.45, 7) is 0.379. The van der Waals surface area contributed by atoms with Gasteiger partial charge >= 0.3 is 5.69 Å². The highest BCUT2D eigenvalue weighted by molar-refractivity contribution is 7.98. The van der Waals surface area contributed by atoms with Crippen molar-refractivity contribution in [3.63, 3.8) is 0 Å². The van der Waals surface area contributed by atoms with E-state index in [1.807, 2.05) is 41.0 Å². The molecule has 5 aromatic rings. The van der Waals surface area contributed by atoms with Crippen LogP contribution in [0.3, 0.4) is 0 Å². The molecule has 3 aromatic carbocycles. The molecule has 0 saturated heterocycles. The first kappa shape index (κ1) is 21.6. The zero-order chi connectivity index (χ0) is 23.1. The Kier molecular flexibility index (Phi) is 5.60. The quantitative estimate of drug-likeness (QED) is 0.348. The number of hydrogen-bond donors (Lipinski definition) is 0. The van der Waals surface area contributed by atoms with Crippen LogP contribution < -0.4 is 11.2 Å². The van der Waals surface area contributed by atoms with E-state index in [2.05, 4.69) is 30.3 Å². The maximum atomic E-state index is 13.1. The Morgan fingerprint density at radius 3 is 2.42 bits per heavy atom.